The summed E-state index contributed by atoms with van der Waals surface area (Å²) < 4.78 is 0. The molecule has 0 aliphatic rings. The maximum Gasteiger partial charge on any atom is 0.201 e. The average molecular weight is 272 g/mol. The molecule has 0 bridgehead atoms. The first-order valence-electron chi connectivity index (χ1n) is 6.20. The minimum atomic E-state index is -0.0746. The number of imidazole rings is 1. The Labute approximate surface area is 116 Å². The van der Waals surface area contributed by atoms with Crippen molar-refractivity contribution >= 4 is 28.6 Å². The zero-order valence-corrected chi connectivity index (χ0v) is 11.1. The molecule has 19 heavy (non-hydrogen) atoms. The summed E-state index contributed by atoms with van der Waals surface area (Å²) in [5.74, 6) is 0.753. The van der Waals surface area contributed by atoms with Gasteiger partial charge in [-0.05, 0) is 17.7 Å². The van der Waals surface area contributed by atoms with E-state index in [4.69, 9.17) is 11.6 Å². The van der Waals surface area contributed by atoms with Crippen LogP contribution in [0.5, 0.6) is 0 Å². The molecule has 0 radical (unpaired) electrons. The number of benzene rings is 2. The van der Waals surface area contributed by atoms with Gasteiger partial charge in [0.1, 0.15) is 0 Å². The van der Waals surface area contributed by atoms with Gasteiger partial charge >= 0.3 is 0 Å². The monoisotopic (exact) mass is 271 g/mol. The van der Waals surface area contributed by atoms with Crippen LogP contribution in [0, 0.1) is 0 Å². The SMILES string of the molecule is ClC(CNc1nc2ccccc2[nH]1)c1ccccc1. The summed E-state index contributed by atoms with van der Waals surface area (Å²) in [4.78, 5) is 7.67. The van der Waals surface area contributed by atoms with Crippen LogP contribution in [0.1, 0.15) is 10.9 Å². The smallest absolute Gasteiger partial charge is 0.201 e. The van der Waals surface area contributed by atoms with Crippen LogP contribution in [0.3, 0.4) is 0 Å². The van der Waals surface area contributed by atoms with Gasteiger partial charge in [-0.15, -0.1) is 11.6 Å². The van der Waals surface area contributed by atoms with Gasteiger partial charge in [-0.1, -0.05) is 42.5 Å². The molecule has 1 heterocycles. The molecule has 2 aromatic carbocycles. The van der Waals surface area contributed by atoms with Crippen molar-refractivity contribution < 1.29 is 0 Å². The van der Waals surface area contributed by atoms with Gasteiger partial charge in [-0.2, -0.15) is 0 Å². The number of fused-ring (bicyclic) bond motifs is 1. The maximum atomic E-state index is 6.35. The molecule has 0 amide bonds. The molecule has 0 aliphatic carbocycles. The highest BCUT2D eigenvalue weighted by molar-refractivity contribution is 6.21. The van der Waals surface area contributed by atoms with Crippen LogP contribution in [-0.2, 0) is 0 Å². The van der Waals surface area contributed by atoms with Crippen molar-refractivity contribution in [1.82, 2.24) is 9.97 Å². The number of para-hydroxylation sites is 2. The Kier molecular flexibility index (Phi) is 3.38. The number of hydrogen-bond acceptors (Lipinski definition) is 2. The quantitative estimate of drug-likeness (QED) is 0.705. The summed E-state index contributed by atoms with van der Waals surface area (Å²) in [5, 5.41) is 3.16. The number of nitrogens with one attached hydrogen (secondary N) is 2. The van der Waals surface area contributed by atoms with Crippen LogP contribution >= 0.6 is 11.6 Å². The fraction of sp³-hybridized carbons (Fsp3) is 0.133. The molecule has 3 aromatic rings. The van der Waals surface area contributed by atoms with Crippen molar-refractivity contribution in [2.75, 3.05) is 11.9 Å². The predicted octanol–water partition coefficient (Wildman–Crippen LogP) is 3.95. The van der Waals surface area contributed by atoms with Crippen LogP contribution < -0.4 is 5.32 Å². The largest absolute Gasteiger partial charge is 0.354 e. The number of hydrogen-bond donors (Lipinski definition) is 2. The summed E-state index contributed by atoms with van der Waals surface area (Å²) in [5.41, 5.74) is 3.08. The van der Waals surface area contributed by atoms with E-state index in [1.54, 1.807) is 0 Å². The van der Waals surface area contributed by atoms with E-state index in [0.29, 0.717) is 6.54 Å². The van der Waals surface area contributed by atoms with Crippen LogP contribution in [0.25, 0.3) is 11.0 Å². The first-order chi connectivity index (χ1) is 9.33. The van der Waals surface area contributed by atoms with E-state index in [-0.39, 0.29) is 5.38 Å². The van der Waals surface area contributed by atoms with Crippen molar-refractivity contribution in [3.63, 3.8) is 0 Å². The molecule has 96 valence electrons. The predicted molar refractivity (Wildman–Crippen MR) is 79.6 cm³/mol. The van der Waals surface area contributed by atoms with E-state index >= 15 is 0 Å². The number of aromatic amines is 1. The third kappa shape index (κ3) is 2.71. The average Bonchev–Trinajstić information content (AvgIpc) is 2.88. The molecule has 1 atom stereocenters. The number of rotatable bonds is 4. The van der Waals surface area contributed by atoms with E-state index in [0.717, 1.165) is 22.5 Å². The van der Waals surface area contributed by atoms with Gasteiger partial charge in [0, 0.05) is 6.54 Å². The first kappa shape index (κ1) is 12.1. The molecule has 0 saturated heterocycles. The highest BCUT2D eigenvalue weighted by Gasteiger charge is 2.08. The van der Waals surface area contributed by atoms with Crippen molar-refractivity contribution in [3.8, 4) is 0 Å². The van der Waals surface area contributed by atoms with E-state index in [9.17, 15) is 0 Å². The summed E-state index contributed by atoms with van der Waals surface area (Å²) in [6.45, 7) is 0.630. The minimum Gasteiger partial charge on any atom is -0.354 e. The van der Waals surface area contributed by atoms with Gasteiger partial charge in [0.2, 0.25) is 5.95 Å². The van der Waals surface area contributed by atoms with E-state index in [1.807, 2.05) is 54.6 Å². The number of nitrogens with zero attached hydrogens (tertiary/aromatic N) is 1. The zero-order chi connectivity index (χ0) is 13.1. The lowest BCUT2D eigenvalue weighted by atomic mass is 10.1. The molecule has 2 N–H and O–H groups in total. The van der Waals surface area contributed by atoms with E-state index < -0.39 is 0 Å². The standard InChI is InChI=1S/C15H14ClN3/c16-12(11-6-2-1-3-7-11)10-17-15-18-13-8-4-5-9-14(13)19-15/h1-9,12H,10H2,(H2,17,18,19). The van der Waals surface area contributed by atoms with Crippen LogP contribution in [-0.4, -0.2) is 16.5 Å². The molecular weight excluding hydrogens is 258 g/mol. The highest BCUT2D eigenvalue weighted by Crippen LogP contribution is 2.21. The van der Waals surface area contributed by atoms with Gasteiger partial charge in [0.25, 0.3) is 0 Å². The van der Waals surface area contributed by atoms with E-state index in [2.05, 4.69) is 15.3 Å². The fourth-order valence-electron chi connectivity index (χ4n) is 2.00. The normalized spacial score (nSPS) is 12.5. The molecule has 0 fully saturated rings. The fourth-order valence-corrected chi connectivity index (χ4v) is 2.23. The molecule has 4 heteroatoms. The Morgan fingerprint density at radius 2 is 1.79 bits per heavy atom. The first-order valence-corrected chi connectivity index (χ1v) is 6.64. The highest BCUT2D eigenvalue weighted by atomic mass is 35.5. The minimum absolute atomic E-state index is 0.0746. The Balaban J connectivity index is 1.69. The van der Waals surface area contributed by atoms with Crippen LogP contribution in [0.2, 0.25) is 0 Å². The Hall–Kier alpha value is -2.00. The third-order valence-electron chi connectivity index (χ3n) is 3.00. The molecule has 3 rings (SSSR count). The lowest BCUT2D eigenvalue weighted by Crippen LogP contribution is -2.08. The van der Waals surface area contributed by atoms with Crippen molar-refractivity contribution in [3.05, 3.63) is 60.2 Å². The number of aromatic nitrogens is 2. The number of halogens is 1. The maximum absolute atomic E-state index is 6.35. The lowest BCUT2D eigenvalue weighted by Gasteiger charge is -2.10. The second-order valence-electron chi connectivity index (χ2n) is 4.36. The molecular formula is C15H14ClN3. The van der Waals surface area contributed by atoms with Gasteiger partial charge in [-0.3, -0.25) is 0 Å². The van der Waals surface area contributed by atoms with Crippen molar-refractivity contribution in [2.45, 2.75) is 5.38 Å². The van der Waals surface area contributed by atoms with Gasteiger partial charge < -0.3 is 10.3 Å². The third-order valence-corrected chi connectivity index (χ3v) is 3.41. The molecule has 3 nitrogen and oxygen atoms in total. The number of anilines is 1. The van der Waals surface area contributed by atoms with E-state index in [1.165, 1.54) is 0 Å². The summed E-state index contributed by atoms with van der Waals surface area (Å²) in [7, 11) is 0. The molecule has 0 spiro atoms. The Morgan fingerprint density at radius 3 is 2.58 bits per heavy atom. The summed E-state index contributed by atoms with van der Waals surface area (Å²) in [6, 6.07) is 18.0. The summed E-state index contributed by atoms with van der Waals surface area (Å²) >= 11 is 6.35. The molecule has 1 unspecified atom stereocenters. The second-order valence-corrected chi connectivity index (χ2v) is 4.89. The van der Waals surface area contributed by atoms with Gasteiger partial charge in [0.05, 0.1) is 16.4 Å². The zero-order valence-electron chi connectivity index (χ0n) is 10.3. The molecule has 1 aromatic heterocycles. The van der Waals surface area contributed by atoms with Crippen molar-refractivity contribution in [2.24, 2.45) is 0 Å². The van der Waals surface area contributed by atoms with Crippen LogP contribution in [0.15, 0.2) is 54.6 Å². The topological polar surface area (TPSA) is 40.7 Å². The molecule has 0 saturated carbocycles. The Morgan fingerprint density at radius 1 is 1.05 bits per heavy atom. The second kappa shape index (κ2) is 5.33. The summed E-state index contributed by atoms with van der Waals surface area (Å²) in [6.07, 6.45) is 0. The van der Waals surface area contributed by atoms with Gasteiger partial charge in [-0.25, -0.2) is 4.98 Å². The van der Waals surface area contributed by atoms with Crippen LogP contribution in [0.4, 0.5) is 5.95 Å². The molecule has 0 aliphatic heterocycles. The number of H-pyrrole nitrogens is 1. The van der Waals surface area contributed by atoms with Crippen molar-refractivity contribution in [1.29, 1.82) is 0 Å². The number of alkyl halides is 1. The van der Waals surface area contributed by atoms with Gasteiger partial charge in [0.15, 0.2) is 0 Å². The lowest BCUT2D eigenvalue weighted by molar-refractivity contribution is 0.962. The Bertz CT molecular complexity index is 630.